The normalized spacial score (nSPS) is 12.1. The number of urea groups is 1. The van der Waals surface area contributed by atoms with Gasteiger partial charge in [-0.1, -0.05) is 28.1 Å². The van der Waals surface area contributed by atoms with Crippen LogP contribution >= 0.6 is 15.9 Å². The Hall–Kier alpha value is -1.07. The molecule has 1 aromatic carbocycles. The number of likely N-dealkylation sites (N-methyl/N-ethyl adjacent to an activating group) is 1. The van der Waals surface area contributed by atoms with Crippen molar-refractivity contribution in [1.82, 2.24) is 9.80 Å². The molecule has 1 rings (SSSR count). The second kappa shape index (κ2) is 7.50. The molecule has 4 nitrogen and oxygen atoms in total. The van der Waals surface area contributed by atoms with Crippen molar-refractivity contribution in [3.8, 4) is 0 Å². The van der Waals surface area contributed by atoms with Gasteiger partial charge in [-0.15, -0.1) is 0 Å². The Bertz CT molecular complexity index is 422. The van der Waals surface area contributed by atoms with Crippen LogP contribution < -0.4 is 0 Å². The van der Waals surface area contributed by atoms with E-state index in [-0.39, 0.29) is 18.7 Å². The summed E-state index contributed by atoms with van der Waals surface area (Å²) in [5.41, 5.74) is 0.917. The summed E-state index contributed by atoms with van der Waals surface area (Å²) in [5.74, 6) is 0. The smallest absolute Gasteiger partial charge is 0.320 e. The predicted molar refractivity (Wildman–Crippen MR) is 80.0 cm³/mol. The van der Waals surface area contributed by atoms with Crippen LogP contribution in [0.3, 0.4) is 0 Å². The molecule has 5 heteroatoms. The van der Waals surface area contributed by atoms with Crippen LogP contribution in [0.5, 0.6) is 0 Å². The highest BCUT2D eigenvalue weighted by Gasteiger charge is 2.24. The van der Waals surface area contributed by atoms with E-state index >= 15 is 0 Å². The highest BCUT2D eigenvalue weighted by atomic mass is 79.9. The number of nitrogens with zero attached hydrogens (tertiary/aromatic N) is 2. The first-order chi connectivity index (χ1) is 9.04. The third kappa shape index (κ3) is 3.94. The average Bonchev–Trinajstić information content (AvgIpc) is 2.40. The van der Waals surface area contributed by atoms with Gasteiger partial charge in [-0.25, -0.2) is 4.79 Å². The maximum Gasteiger partial charge on any atom is 0.320 e. The third-order valence-corrected chi connectivity index (χ3v) is 3.70. The van der Waals surface area contributed by atoms with Gasteiger partial charge >= 0.3 is 6.03 Å². The number of hydrogen-bond donors (Lipinski definition) is 1. The van der Waals surface area contributed by atoms with E-state index in [9.17, 15) is 9.90 Å². The molecule has 0 aromatic heterocycles. The molecule has 0 saturated carbocycles. The largest absolute Gasteiger partial charge is 0.394 e. The molecule has 106 valence electrons. The second-order valence-electron chi connectivity index (χ2n) is 4.32. The van der Waals surface area contributed by atoms with Crippen molar-refractivity contribution in [1.29, 1.82) is 0 Å². The Balaban J connectivity index is 2.93. The standard InChI is InChI=1S/C14H21BrN2O2/c1-4-17(5-2)14(19)16(3)13(10-18)11-7-6-8-12(15)9-11/h6-9,13,18H,4-5,10H2,1-3H3. The van der Waals surface area contributed by atoms with E-state index in [0.29, 0.717) is 13.1 Å². The Morgan fingerprint density at radius 3 is 2.47 bits per heavy atom. The fraction of sp³-hybridized carbons (Fsp3) is 0.500. The molecule has 1 aromatic rings. The lowest BCUT2D eigenvalue weighted by Crippen LogP contribution is -2.43. The summed E-state index contributed by atoms with van der Waals surface area (Å²) in [6.45, 7) is 5.12. The zero-order valence-corrected chi connectivity index (χ0v) is 13.2. The Morgan fingerprint density at radius 2 is 2.00 bits per heavy atom. The van der Waals surface area contributed by atoms with Gasteiger partial charge in [0.05, 0.1) is 12.6 Å². The molecule has 0 aliphatic carbocycles. The zero-order chi connectivity index (χ0) is 14.4. The molecule has 0 aliphatic rings. The number of carbonyl (C=O) groups excluding carboxylic acids is 1. The van der Waals surface area contributed by atoms with Crippen molar-refractivity contribution >= 4 is 22.0 Å². The number of benzene rings is 1. The molecule has 0 radical (unpaired) electrons. The summed E-state index contributed by atoms with van der Waals surface area (Å²) in [7, 11) is 1.72. The number of halogens is 1. The molecule has 1 unspecified atom stereocenters. The molecule has 19 heavy (non-hydrogen) atoms. The van der Waals surface area contributed by atoms with Crippen LogP contribution in [-0.2, 0) is 0 Å². The maximum absolute atomic E-state index is 12.3. The quantitative estimate of drug-likeness (QED) is 0.903. The molecule has 0 bridgehead atoms. The van der Waals surface area contributed by atoms with Crippen LogP contribution in [0.25, 0.3) is 0 Å². The van der Waals surface area contributed by atoms with Gasteiger partial charge in [0.1, 0.15) is 0 Å². The number of amides is 2. The topological polar surface area (TPSA) is 43.8 Å². The van der Waals surface area contributed by atoms with E-state index in [0.717, 1.165) is 10.0 Å². The summed E-state index contributed by atoms with van der Waals surface area (Å²) >= 11 is 3.41. The van der Waals surface area contributed by atoms with Crippen molar-refractivity contribution in [2.45, 2.75) is 19.9 Å². The lowest BCUT2D eigenvalue weighted by Gasteiger charge is -2.32. The van der Waals surface area contributed by atoms with Gasteiger partial charge in [0.25, 0.3) is 0 Å². The van der Waals surface area contributed by atoms with Gasteiger partial charge in [-0.2, -0.15) is 0 Å². The zero-order valence-electron chi connectivity index (χ0n) is 11.6. The number of hydrogen-bond acceptors (Lipinski definition) is 2. The van der Waals surface area contributed by atoms with Gasteiger partial charge in [0.15, 0.2) is 0 Å². The molecule has 0 saturated heterocycles. The highest BCUT2D eigenvalue weighted by molar-refractivity contribution is 9.10. The fourth-order valence-corrected chi connectivity index (χ4v) is 2.43. The summed E-state index contributed by atoms with van der Waals surface area (Å²) in [4.78, 5) is 15.6. The van der Waals surface area contributed by atoms with Crippen molar-refractivity contribution in [3.05, 3.63) is 34.3 Å². The molecular weight excluding hydrogens is 308 g/mol. The van der Waals surface area contributed by atoms with Crippen molar-refractivity contribution in [2.24, 2.45) is 0 Å². The van der Waals surface area contributed by atoms with E-state index < -0.39 is 0 Å². The monoisotopic (exact) mass is 328 g/mol. The molecule has 2 amide bonds. The van der Waals surface area contributed by atoms with Crippen LogP contribution in [0, 0.1) is 0 Å². The van der Waals surface area contributed by atoms with E-state index in [2.05, 4.69) is 15.9 Å². The first-order valence-electron chi connectivity index (χ1n) is 6.43. The Kier molecular flexibility index (Phi) is 6.31. The lowest BCUT2D eigenvalue weighted by molar-refractivity contribution is 0.123. The number of aliphatic hydroxyl groups excluding tert-OH is 1. The first-order valence-corrected chi connectivity index (χ1v) is 7.22. The minimum absolute atomic E-state index is 0.0657. The van der Waals surface area contributed by atoms with Gasteiger partial charge in [-0.3, -0.25) is 0 Å². The number of carbonyl (C=O) groups is 1. The molecule has 1 atom stereocenters. The Labute approximate surface area is 123 Å². The van der Waals surface area contributed by atoms with E-state index in [1.807, 2.05) is 38.1 Å². The summed E-state index contributed by atoms with van der Waals surface area (Å²) in [6.07, 6.45) is 0. The van der Waals surface area contributed by atoms with Gasteiger partial charge in [0, 0.05) is 24.6 Å². The molecule has 0 spiro atoms. The molecular formula is C14H21BrN2O2. The van der Waals surface area contributed by atoms with Gasteiger partial charge in [-0.05, 0) is 31.5 Å². The predicted octanol–water partition coefficient (Wildman–Crippen LogP) is 2.88. The third-order valence-electron chi connectivity index (χ3n) is 3.21. The van der Waals surface area contributed by atoms with Gasteiger partial charge in [0.2, 0.25) is 0 Å². The minimum atomic E-state index is -0.328. The average molecular weight is 329 g/mol. The van der Waals surface area contributed by atoms with E-state index in [4.69, 9.17) is 0 Å². The van der Waals surface area contributed by atoms with E-state index in [1.54, 1.807) is 16.8 Å². The van der Waals surface area contributed by atoms with Crippen LogP contribution in [-0.4, -0.2) is 47.7 Å². The summed E-state index contributed by atoms with van der Waals surface area (Å²) in [5, 5.41) is 9.59. The van der Waals surface area contributed by atoms with E-state index in [1.165, 1.54) is 0 Å². The molecule has 0 fully saturated rings. The first kappa shape index (κ1) is 16.0. The van der Waals surface area contributed by atoms with Crippen LogP contribution in [0.2, 0.25) is 0 Å². The molecule has 0 heterocycles. The number of rotatable bonds is 5. The van der Waals surface area contributed by atoms with Crippen LogP contribution in [0.1, 0.15) is 25.5 Å². The van der Waals surface area contributed by atoms with Crippen LogP contribution in [0.4, 0.5) is 4.79 Å². The maximum atomic E-state index is 12.3. The summed E-state index contributed by atoms with van der Waals surface area (Å²) in [6, 6.07) is 7.27. The van der Waals surface area contributed by atoms with Crippen molar-refractivity contribution < 1.29 is 9.90 Å². The minimum Gasteiger partial charge on any atom is -0.394 e. The molecule has 0 aliphatic heterocycles. The highest BCUT2D eigenvalue weighted by Crippen LogP contribution is 2.23. The lowest BCUT2D eigenvalue weighted by atomic mass is 10.1. The molecule has 1 N–H and O–H groups in total. The van der Waals surface area contributed by atoms with Crippen LogP contribution in [0.15, 0.2) is 28.7 Å². The summed E-state index contributed by atoms with van der Waals surface area (Å²) < 4.78 is 0.937. The van der Waals surface area contributed by atoms with Crippen molar-refractivity contribution in [3.63, 3.8) is 0 Å². The SMILES string of the molecule is CCN(CC)C(=O)N(C)C(CO)c1cccc(Br)c1. The number of aliphatic hydroxyl groups is 1. The van der Waals surface area contributed by atoms with Gasteiger partial charge < -0.3 is 14.9 Å². The Morgan fingerprint density at radius 1 is 1.37 bits per heavy atom. The second-order valence-corrected chi connectivity index (χ2v) is 5.23. The van der Waals surface area contributed by atoms with Crippen molar-refractivity contribution in [2.75, 3.05) is 26.7 Å². The fourth-order valence-electron chi connectivity index (χ4n) is 2.02.